The molecular formula is C48H31NOS. The van der Waals surface area contributed by atoms with Crippen LogP contribution in [0.2, 0.25) is 0 Å². The van der Waals surface area contributed by atoms with Crippen molar-refractivity contribution in [1.82, 2.24) is 0 Å². The van der Waals surface area contributed by atoms with Crippen molar-refractivity contribution in [3.05, 3.63) is 188 Å². The van der Waals surface area contributed by atoms with Gasteiger partial charge in [0.1, 0.15) is 11.2 Å². The summed E-state index contributed by atoms with van der Waals surface area (Å²) in [6.45, 7) is 0. The lowest BCUT2D eigenvalue weighted by Crippen LogP contribution is -2.11. The van der Waals surface area contributed by atoms with E-state index in [0.29, 0.717) is 0 Å². The monoisotopic (exact) mass is 669 g/mol. The molecule has 0 spiro atoms. The lowest BCUT2D eigenvalue weighted by Gasteiger charge is -2.28. The quantitative estimate of drug-likeness (QED) is 0.175. The zero-order chi connectivity index (χ0) is 33.7. The lowest BCUT2D eigenvalue weighted by molar-refractivity contribution is 0.669. The maximum Gasteiger partial charge on any atom is 0.135 e. The minimum Gasteiger partial charge on any atom is -0.456 e. The Bertz CT molecular complexity index is 2740. The summed E-state index contributed by atoms with van der Waals surface area (Å²) in [4.78, 5) is 2.41. The molecule has 240 valence electrons. The number of furan rings is 1. The number of benzene rings is 8. The van der Waals surface area contributed by atoms with Gasteiger partial charge in [-0.15, -0.1) is 11.3 Å². The zero-order valence-electron chi connectivity index (χ0n) is 27.7. The average Bonchev–Trinajstić information content (AvgIpc) is 3.77. The highest BCUT2D eigenvalue weighted by atomic mass is 32.1. The van der Waals surface area contributed by atoms with Gasteiger partial charge in [0.15, 0.2) is 0 Å². The molecule has 0 aliphatic rings. The van der Waals surface area contributed by atoms with Gasteiger partial charge in [-0.2, -0.15) is 0 Å². The van der Waals surface area contributed by atoms with Crippen LogP contribution in [0.4, 0.5) is 17.1 Å². The van der Waals surface area contributed by atoms with Crippen LogP contribution in [0.3, 0.4) is 0 Å². The molecule has 0 unspecified atom stereocenters. The van der Waals surface area contributed by atoms with Crippen molar-refractivity contribution in [2.75, 3.05) is 4.90 Å². The standard InChI is InChI=1S/C48H31NOS/c1-3-11-32(12-4-1)33-19-21-34(22-20-33)36-23-26-44(41(29-36)35-13-5-2-6-14-35)49(37-24-27-46-42(30-37)39-15-7-9-17-45(39)50-46)38-25-28-48-43(31-38)40-16-8-10-18-47(40)51-48/h1-31H. The number of fused-ring (bicyclic) bond motifs is 6. The van der Waals surface area contributed by atoms with Crippen LogP contribution in [-0.4, -0.2) is 0 Å². The Kier molecular flexibility index (Phi) is 7.04. The highest BCUT2D eigenvalue weighted by Gasteiger charge is 2.21. The van der Waals surface area contributed by atoms with Gasteiger partial charge in [-0.25, -0.2) is 0 Å². The molecule has 2 nitrogen and oxygen atoms in total. The number of anilines is 3. The normalized spacial score (nSPS) is 11.5. The maximum atomic E-state index is 6.27. The molecule has 2 heterocycles. The van der Waals surface area contributed by atoms with Crippen molar-refractivity contribution in [3.8, 4) is 33.4 Å². The molecule has 10 rings (SSSR count). The van der Waals surface area contributed by atoms with E-state index in [1.54, 1.807) is 0 Å². The summed E-state index contributed by atoms with van der Waals surface area (Å²) in [6.07, 6.45) is 0. The van der Waals surface area contributed by atoms with Gasteiger partial charge in [0.2, 0.25) is 0 Å². The van der Waals surface area contributed by atoms with Crippen molar-refractivity contribution in [3.63, 3.8) is 0 Å². The van der Waals surface area contributed by atoms with Crippen LogP contribution in [0.25, 0.3) is 75.5 Å². The van der Waals surface area contributed by atoms with E-state index >= 15 is 0 Å². The summed E-state index contributed by atoms with van der Waals surface area (Å²) in [5.74, 6) is 0. The maximum absolute atomic E-state index is 6.27. The van der Waals surface area contributed by atoms with Crippen molar-refractivity contribution in [1.29, 1.82) is 0 Å². The first-order valence-corrected chi connectivity index (χ1v) is 18.1. The smallest absolute Gasteiger partial charge is 0.135 e. The van der Waals surface area contributed by atoms with E-state index in [1.165, 1.54) is 42.4 Å². The molecule has 0 aliphatic carbocycles. The lowest BCUT2D eigenvalue weighted by atomic mass is 9.95. The highest BCUT2D eigenvalue weighted by molar-refractivity contribution is 7.25. The number of hydrogen-bond donors (Lipinski definition) is 0. The van der Waals surface area contributed by atoms with E-state index in [1.807, 2.05) is 23.5 Å². The fourth-order valence-electron chi connectivity index (χ4n) is 7.38. The molecule has 3 heteroatoms. The molecule has 0 amide bonds. The molecule has 0 bridgehead atoms. The largest absolute Gasteiger partial charge is 0.456 e. The van der Waals surface area contributed by atoms with Crippen LogP contribution in [0.5, 0.6) is 0 Å². The Morgan fingerprint density at radius 2 is 0.902 bits per heavy atom. The first kappa shape index (κ1) is 29.5. The van der Waals surface area contributed by atoms with Crippen LogP contribution < -0.4 is 4.90 Å². The third-order valence-corrected chi connectivity index (χ3v) is 11.0. The summed E-state index contributed by atoms with van der Waals surface area (Å²) in [5, 5.41) is 4.77. The van der Waals surface area contributed by atoms with Gasteiger partial charge in [0.25, 0.3) is 0 Å². The van der Waals surface area contributed by atoms with Gasteiger partial charge in [-0.3, -0.25) is 0 Å². The molecule has 0 aliphatic heterocycles. The van der Waals surface area contributed by atoms with Crippen LogP contribution in [-0.2, 0) is 0 Å². The first-order chi connectivity index (χ1) is 25.3. The van der Waals surface area contributed by atoms with Crippen molar-refractivity contribution in [2.45, 2.75) is 0 Å². The Labute approximate surface area is 300 Å². The average molecular weight is 670 g/mol. The van der Waals surface area contributed by atoms with E-state index < -0.39 is 0 Å². The third kappa shape index (κ3) is 5.18. The first-order valence-electron chi connectivity index (χ1n) is 17.2. The summed E-state index contributed by atoms with van der Waals surface area (Å²) in [6, 6.07) is 67.6. The number of nitrogens with zero attached hydrogens (tertiary/aromatic N) is 1. The zero-order valence-corrected chi connectivity index (χ0v) is 28.5. The minimum absolute atomic E-state index is 0.886. The minimum atomic E-state index is 0.886. The van der Waals surface area contributed by atoms with Crippen LogP contribution in [0, 0.1) is 0 Å². The van der Waals surface area contributed by atoms with Crippen molar-refractivity contribution in [2.24, 2.45) is 0 Å². The van der Waals surface area contributed by atoms with Crippen LogP contribution in [0.15, 0.2) is 192 Å². The van der Waals surface area contributed by atoms with E-state index in [0.717, 1.165) is 50.1 Å². The molecule has 0 N–H and O–H groups in total. The second-order valence-corrected chi connectivity index (χ2v) is 14.0. The third-order valence-electron chi connectivity index (χ3n) is 9.88. The van der Waals surface area contributed by atoms with Gasteiger partial charge in [-0.1, -0.05) is 127 Å². The Morgan fingerprint density at radius 1 is 0.353 bits per heavy atom. The van der Waals surface area contributed by atoms with E-state index in [2.05, 4.69) is 181 Å². The van der Waals surface area contributed by atoms with Crippen molar-refractivity contribution >= 4 is 70.5 Å². The summed E-state index contributed by atoms with van der Waals surface area (Å²) < 4.78 is 8.86. The second-order valence-electron chi connectivity index (χ2n) is 12.9. The van der Waals surface area contributed by atoms with Crippen LogP contribution in [0.1, 0.15) is 0 Å². The Hall–Kier alpha value is -6.42. The van der Waals surface area contributed by atoms with E-state index in [9.17, 15) is 0 Å². The van der Waals surface area contributed by atoms with Crippen LogP contribution >= 0.6 is 11.3 Å². The molecule has 0 radical (unpaired) electrons. The number of hydrogen-bond acceptors (Lipinski definition) is 3. The number of para-hydroxylation sites is 1. The van der Waals surface area contributed by atoms with Crippen molar-refractivity contribution < 1.29 is 4.42 Å². The van der Waals surface area contributed by atoms with Gasteiger partial charge in [0.05, 0.1) is 5.69 Å². The number of rotatable bonds is 6. The molecule has 0 atom stereocenters. The molecule has 10 aromatic rings. The SMILES string of the molecule is c1ccc(-c2ccc(-c3ccc(N(c4ccc5oc6ccccc6c5c4)c4ccc5sc6ccccc6c5c4)c(-c4ccccc4)c3)cc2)cc1. The Balaban J connectivity index is 1.19. The van der Waals surface area contributed by atoms with Gasteiger partial charge >= 0.3 is 0 Å². The highest BCUT2D eigenvalue weighted by Crippen LogP contribution is 2.46. The van der Waals surface area contributed by atoms with Gasteiger partial charge < -0.3 is 9.32 Å². The molecule has 51 heavy (non-hydrogen) atoms. The molecule has 2 aromatic heterocycles. The fraction of sp³-hybridized carbons (Fsp3) is 0. The fourth-order valence-corrected chi connectivity index (χ4v) is 8.47. The predicted molar refractivity (Wildman–Crippen MR) is 218 cm³/mol. The Morgan fingerprint density at radius 3 is 1.69 bits per heavy atom. The number of thiophene rings is 1. The van der Waals surface area contributed by atoms with E-state index in [4.69, 9.17) is 4.42 Å². The second kappa shape index (κ2) is 12.2. The molecule has 0 saturated carbocycles. The predicted octanol–water partition coefficient (Wildman–Crippen LogP) is 14.4. The summed E-state index contributed by atoms with van der Waals surface area (Å²) >= 11 is 1.85. The van der Waals surface area contributed by atoms with Gasteiger partial charge in [-0.05, 0) is 88.5 Å². The summed E-state index contributed by atoms with van der Waals surface area (Å²) in [5.41, 5.74) is 12.2. The topological polar surface area (TPSA) is 16.4 Å². The molecular weight excluding hydrogens is 639 g/mol. The molecule has 0 fully saturated rings. The molecule has 0 saturated heterocycles. The van der Waals surface area contributed by atoms with Gasteiger partial charge in [0, 0.05) is 47.9 Å². The summed E-state index contributed by atoms with van der Waals surface area (Å²) in [7, 11) is 0. The van der Waals surface area contributed by atoms with E-state index in [-0.39, 0.29) is 0 Å². The molecule has 8 aromatic carbocycles.